The molecule has 1 aromatic carbocycles. The van der Waals surface area contributed by atoms with Gasteiger partial charge < -0.3 is 9.84 Å². The summed E-state index contributed by atoms with van der Waals surface area (Å²) in [5, 5.41) is 10.8. The lowest BCUT2D eigenvalue weighted by Crippen LogP contribution is -2.41. The summed E-state index contributed by atoms with van der Waals surface area (Å²) < 4.78 is 5.40. The lowest BCUT2D eigenvalue weighted by molar-refractivity contribution is 0.0133. The van der Waals surface area contributed by atoms with Crippen LogP contribution in [0.25, 0.3) is 0 Å². The van der Waals surface area contributed by atoms with Gasteiger partial charge in [0, 0.05) is 17.3 Å². The van der Waals surface area contributed by atoms with Crippen molar-refractivity contribution in [3.8, 4) is 0 Å². The summed E-state index contributed by atoms with van der Waals surface area (Å²) in [5.74, 6) is 0.786. The molecule has 1 aliphatic heterocycles. The van der Waals surface area contributed by atoms with Gasteiger partial charge in [-0.3, -0.25) is 4.90 Å². The van der Waals surface area contributed by atoms with Gasteiger partial charge in [-0.2, -0.15) is 0 Å². The smallest absolute Gasteiger partial charge is 0.411 e. The molecule has 0 radical (unpaired) electrons. The Hall–Kier alpha value is -0.910. The van der Waals surface area contributed by atoms with E-state index in [1.54, 1.807) is 40.9 Å². The van der Waals surface area contributed by atoms with Crippen molar-refractivity contribution in [1.29, 1.82) is 0 Å². The Labute approximate surface area is 134 Å². The molecular weight excluding hydrogens is 310 g/mol. The molecular formula is C15H20ClNO3S. The second-order valence-electron chi connectivity index (χ2n) is 5.93. The molecule has 2 rings (SSSR count). The number of nitrogens with zero attached hydrogens (tertiary/aromatic N) is 1. The Balaban J connectivity index is 2.10. The molecule has 0 bridgehead atoms. The lowest BCUT2D eigenvalue weighted by Gasteiger charge is -2.30. The van der Waals surface area contributed by atoms with Gasteiger partial charge in [0.05, 0.1) is 0 Å². The summed E-state index contributed by atoms with van der Waals surface area (Å²) in [7, 11) is 0. The third-order valence-corrected chi connectivity index (χ3v) is 4.56. The van der Waals surface area contributed by atoms with Crippen molar-refractivity contribution in [2.45, 2.75) is 37.9 Å². The summed E-state index contributed by atoms with van der Waals surface area (Å²) >= 11 is 7.41. The monoisotopic (exact) mass is 329 g/mol. The molecule has 1 amide bonds. The van der Waals surface area contributed by atoms with Crippen LogP contribution in [0.15, 0.2) is 24.3 Å². The zero-order valence-corrected chi connectivity index (χ0v) is 13.9. The van der Waals surface area contributed by atoms with Crippen LogP contribution in [0.3, 0.4) is 0 Å². The molecule has 1 fully saturated rings. The number of aliphatic hydroxyl groups excluding tert-OH is 1. The highest BCUT2D eigenvalue weighted by Gasteiger charge is 2.37. The molecule has 1 aliphatic rings. The number of ether oxygens (including phenoxy) is 1. The maximum absolute atomic E-state index is 12.2. The number of hydrogen-bond acceptors (Lipinski definition) is 4. The third-order valence-electron chi connectivity index (χ3n) is 3.04. The largest absolute Gasteiger partial charge is 0.444 e. The Morgan fingerprint density at radius 1 is 1.43 bits per heavy atom. The molecule has 1 saturated heterocycles. The maximum atomic E-state index is 12.2. The van der Waals surface area contributed by atoms with Gasteiger partial charge in [-0.1, -0.05) is 23.7 Å². The average molecular weight is 330 g/mol. The van der Waals surface area contributed by atoms with E-state index in [1.165, 1.54) is 0 Å². The first kappa shape index (κ1) is 16.5. The number of thioether (sulfide) groups is 1. The van der Waals surface area contributed by atoms with Crippen molar-refractivity contribution in [2.24, 2.45) is 0 Å². The summed E-state index contributed by atoms with van der Waals surface area (Å²) in [6, 6.07) is 7.02. The number of carbonyl (C=O) groups excluding carboxylic acids is 1. The predicted octanol–water partition coefficient (Wildman–Crippen LogP) is 3.68. The van der Waals surface area contributed by atoms with Gasteiger partial charge in [0.1, 0.15) is 17.1 Å². The molecule has 1 N–H and O–H groups in total. The first-order valence-corrected chi connectivity index (χ1v) is 8.25. The van der Waals surface area contributed by atoms with Crippen LogP contribution in [0.1, 0.15) is 32.4 Å². The van der Waals surface area contributed by atoms with Crippen LogP contribution in [0.4, 0.5) is 4.79 Å². The minimum atomic E-state index is -0.762. The fourth-order valence-electron chi connectivity index (χ4n) is 2.09. The van der Waals surface area contributed by atoms with E-state index in [2.05, 4.69) is 0 Å². The maximum Gasteiger partial charge on any atom is 0.411 e. The van der Waals surface area contributed by atoms with Crippen molar-refractivity contribution in [1.82, 2.24) is 4.90 Å². The summed E-state index contributed by atoms with van der Waals surface area (Å²) in [6.45, 7) is 6.07. The Kier molecular flexibility index (Phi) is 5.07. The summed E-state index contributed by atoms with van der Waals surface area (Å²) in [5.41, 5.74) is 0.201. The van der Waals surface area contributed by atoms with Gasteiger partial charge in [0.25, 0.3) is 0 Å². The highest BCUT2D eigenvalue weighted by Crippen LogP contribution is 2.35. The van der Waals surface area contributed by atoms with Crippen molar-refractivity contribution >= 4 is 29.5 Å². The van der Waals surface area contributed by atoms with Crippen LogP contribution < -0.4 is 0 Å². The molecule has 116 valence electrons. The molecule has 0 spiro atoms. The molecule has 4 nitrogen and oxygen atoms in total. The predicted molar refractivity (Wildman–Crippen MR) is 85.6 cm³/mol. The van der Waals surface area contributed by atoms with Crippen LogP contribution in [0, 0.1) is 0 Å². The van der Waals surface area contributed by atoms with E-state index in [9.17, 15) is 9.90 Å². The van der Waals surface area contributed by atoms with Crippen molar-refractivity contribution in [2.75, 3.05) is 12.3 Å². The van der Waals surface area contributed by atoms with Gasteiger partial charge in [0.2, 0.25) is 0 Å². The van der Waals surface area contributed by atoms with Gasteiger partial charge >= 0.3 is 6.09 Å². The van der Waals surface area contributed by atoms with Crippen molar-refractivity contribution < 1.29 is 14.6 Å². The number of amides is 1. The quantitative estimate of drug-likeness (QED) is 0.899. The van der Waals surface area contributed by atoms with Gasteiger partial charge in [-0.05, 0) is 38.5 Å². The van der Waals surface area contributed by atoms with E-state index < -0.39 is 11.7 Å². The first-order chi connectivity index (χ1) is 9.78. The molecule has 2 atom stereocenters. The zero-order chi connectivity index (χ0) is 15.6. The highest BCUT2D eigenvalue weighted by molar-refractivity contribution is 8.00. The van der Waals surface area contributed by atoms with Crippen molar-refractivity contribution in [3.63, 3.8) is 0 Å². The van der Waals surface area contributed by atoms with E-state index in [0.29, 0.717) is 11.6 Å². The first-order valence-electron chi connectivity index (χ1n) is 6.83. The lowest BCUT2D eigenvalue weighted by atomic mass is 10.1. The minimum absolute atomic E-state index is 0.332. The highest BCUT2D eigenvalue weighted by atomic mass is 35.5. The number of rotatable bonds is 2. The Morgan fingerprint density at radius 3 is 2.62 bits per heavy atom. The number of hydrogen-bond donors (Lipinski definition) is 1. The molecule has 0 unspecified atom stereocenters. The number of carbonyl (C=O) groups is 1. The van der Waals surface area contributed by atoms with Crippen LogP contribution in [-0.2, 0) is 4.74 Å². The number of benzene rings is 1. The normalized spacial score (nSPS) is 20.4. The SMILES string of the molecule is CC(C)(C)OC(=O)N1CCS[C@@H]1[C@@H](O)c1ccc(Cl)cc1. The molecule has 0 aliphatic carbocycles. The van der Waals surface area contributed by atoms with Gasteiger partial charge in [-0.25, -0.2) is 4.79 Å². The van der Waals surface area contributed by atoms with Crippen LogP contribution in [-0.4, -0.2) is 39.4 Å². The molecule has 6 heteroatoms. The van der Waals surface area contributed by atoms with E-state index in [-0.39, 0.29) is 11.5 Å². The summed E-state index contributed by atoms with van der Waals surface area (Å²) in [4.78, 5) is 13.8. The van der Waals surface area contributed by atoms with Crippen molar-refractivity contribution in [3.05, 3.63) is 34.9 Å². The van der Waals surface area contributed by atoms with Crippen LogP contribution in [0.5, 0.6) is 0 Å². The zero-order valence-electron chi connectivity index (χ0n) is 12.4. The molecule has 1 aromatic rings. The van der Waals surface area contributed by atoms with Crippen LogP contribution >= 0.6 is 23.4 Å². The molecule has 0 aromatic heterocycles. The fraction of sp³-hybridized carbons (Fsp3) is 0.533. The number of halogens is 1. The number of aliphatic hydroxyl groups is 1. The van der Waals surface area contributed by atoms with Gasteiger partial charge in [0.15, 0.2) is 0 Å². The Morgan fingerprint density at radius 2 is 2.05 bits per heavy atom. The van der Waals surface area contributed by atoms with Crippen LogP contribution in [0.2, 0.25) is 5.02 Å². The van der Waals surface area contributed by atoms with Gasteiger partial charge in [-0.15, -0.1) is 11.8 Å². The topological polar surface area (TPSA) is 49.8 Å². The third kappa shape index (κ3) is 4.28. The molecule has 0 saturated carbocycles. The Bertz CT molecular complexity index is 501. The summed E-state index contributed by atoms with van der Waals surface area (Å²) in [6.07, 6.45) is -1.15. The second-order valence-corrected chi connectivity index (χ2v) is 7.59. The average Bonchev–Trinajstić information content (AvgIpc) is 2.86. The standard InChI is InChI=1S/C15H20ClNO3S/c1-15(2,3)20-14(19)17-8-9-21-13(17)12(18)10-4-6-11(16)7-5-10/h4-7,12-13,18H,8-9H2,1-3H3/t12-,13+/m0/s1. The van der Waals surface area contributed by atoms with E-state index in [0.717, 1.165) is 11.3 Å². The van der Waals surface area contributed by atoms with E-state index >= 15 is 0 Å². The molecule has 21 heavy (non-hydrogen) atoms. The second kappa shape index (κ2) is 6.46. The minimum Gasteiger partial charge on any atom is -0.444 e. The van der Waals surface area contributed by atoms with E-state index in [1.807, 2.05) is 20.8 Å². The fourth-order valence-corrected chi connectivity index (χ4v) is 3.47. The van der Waals surface area contributed by atoms with E-state index in [4.69, 9.17) is 16.3 Å². The molecule has 1 heterocycles.